The summed E-state index contributed by atoms with van der Waals surface area (Å²) in [6, 6.07) is 1.42. The number of hydrazine groups is 1. The van der Waals surface area contributed by atoms with Gasteiger partial charge >= 0.3 is 0 Å². The van der Waals surface area contributed by atoms with Crippen LogP contribution in [0, 0.1) is 0 Å². The number of aromatic nitrogens is 2. The highest BCUT2D eigenvalue weighted by molar-refractivity contribution is 5.32. The van der Waals surface area contributed by atoms with E-state index in [2.05, 4.69) is 15.4 Å². The monoisotopic (exact) mass is 250 g/mol. The molecule has 7 nitrogen and oxygen atoms in total. The van der Waals surface area contributed by atoms with E-state index in [9.17, 15) is 0 Å². The number of nitrogens with two attached hydrogens (primary N) is 1. The smallest absolute Gasteiger partial charge is 0.240 e. The summed E-state index contributed by atoms with van der Waals surface area (Å²) >= 11 is 0. The minimum atomic E-state index is -0.364. The standard InChI is InChI=1S/C11H14N4O3/c1-16-8-5-13-10(11(14-8)17-2)9(15-12)7-3-4-18-6-7/h3-6,9,15H,12H2,1-2H3. The third kappa shape index (κ3) is 2.27. The van der Waals surface area contributed by atoms with E-state index < -0.39 is 0 Å². The Morgan fingerprint density at radius 3 is 2.78 bits per heavy atom. The molecule has 0 bridgehead atoms. The van der Waals surface area contributed by atoms with E-state index in [1.54, 1.807) is 18.6 Å². The van der Waals surface area contributed by atoms with Crippen molar-refractivity contribution in [2.24, 2.45) is 5.84 Å². The first-order chi connectivity index (χ1) is 8.80. The summed E-state index contributed by atoms with van der Waals surface area (Å²) in [7, 11) is 3.02. The molecule has 0 spiro atoms. The molecule has 1 unspecified atom stereocenters. The molecule has 0 aliphatic rings. The Morgan fingerprint density at radius 1 is 1.39 bits per heavy atom. The van der Waals surface area contributed by atoms with E-state index in [1.165, 1.54) is 20.4 Å². The number of hydrogen-bond donors (Lipinski definition) is 2. The first-order valence-corrected chi connectivity index (χ1v) is 5.23. The number of ether oxygens (including phenoxy) is 2. The van der Waals surface area contributed by atoms with Crippen molar-refractivity contribution < 1.29 is 13.9 Å². The highest BCUT2D eigenvalue weighted by Gasteiger charge is 2.21. The molecule has 0 amide bonds. The zero-order valence-corrected chi connectivity index (χ0v) is 10.1. The Hall–Kier alpha value is -2.12. The van der Waals surface area contributed by atoms with Gasteiger partial charge in [0.1, 0.15) is 5.69 Å². The lowest BCUT2D eigenvalue weighted by Gasteiger charge is -2.16. The summed E-state index contributed by atoms with van der Waals surface area (Å²) in [5, 5.41) is 0. The van der Waals surface area contributed by atoms with E-state index in [0.29, 0.717) is 17.5 Å². The number of methoxy groups -OCH3 is 2. The Balaban J connectivity index is 2.42. The van der Waals surface area contributed by atoms with Crippen LogP contribution < -0.4 is 20.7 Å². The summed E-state index contributed by atoms with van der Waals surface area (Å²) in [4.78, 5) is 8.41. The van der Waals surface area contributed by atoms with Crippen LogP contribution in [0.2, 0.25) is 0 Å². The molecule has 0 aliphatic carbocycles. The molecular formula is C11H14N4O3. The number of furan rings is 1. The van der Waals surface area contributed by atoms with Crippen molar-refractivity contribution in [3.8, 4) is 11.8 Å². The van der Waals surface area contributed by atoms with Crippen LogP contribution in [0.15, 0.2) is 29.2 Å². The van der Waals surface area contributed by atoms with Gasteiger partial charge in [-0.05, 0) is 6.07 Å². The first kappa shape index (κ1) is 12.3. The van der Waals surface area contributed by atoms with Gasteiger partial charge in [-0.15, -0.1) is 0 Å². The van der Waals surface area contributed by atoms with Gasteiger partial charge in [0.25, 0.3) is 0 Å². The van der Waals surface area contributed by atoms with Gasteiger partial charge in [0.15, 0.2) is 0 Å². The third-order valence-corrected chi connectivity index (χ3v) is 2.46. The second kappa shape index (κ2) is 5.48. The number of rotatable bonds is 5. The van der Waals surface area contributed by atoms with Gasteiger partial charge < -0.3 is 13.9 Å². The van der Waals surface area contributed by atoms with Crippen LogP contribution in [0.5, 0.6) is 11.8 Å². The predicted molar refractivity (Wildman–Crippen MR) is 63.0 cm³/mol. The molecule has 0 aromatic carbocycles. The van der Waals surface area contributed by atoms with Crippen molar-refractivity contribution in [1.82, 2.24) is 15.4 Å². The predicted octanol–water partition coefficient (Wildman–Crippen LogP) is 0.639. The molecular weight excluding hydrogens is 236 g/mol. The lowest BCUT2D eigenvalue weighted by molar-refractivity contribution is 0.352. The molecule has 2 aromatic rings. The molecule has 3 N–H and O–H groups in total. The largest absolute Gasteiger partial charge is 0.480 e. The molecule has 0 aliphatic heterocycles. The summed E-state index contributed by atoms with van der Waals surface area (Å²) in [6.45, 7) is 0. The molecule has 0 radical (unpaired) electrons. The van der Waals surface area contributed by atoms with Gasteiger partial charge in [-0.3, -0.25) is 5.84 Å². The molecule has 2 heterocycles. The summed E-state index contributed by atoms with van der Waals surface area (Å²) in [5.74, 6) is 6.26. The van der Waals surface area contributed by atoms with E-state index in [0.717, 1.165) is 5.56 Å². The quantitative estimate of drug-likeness (QED) is 0.593. The molecule has 7 heteroatoms. The highest BCUT2D eigenvalue weighted by Crippen LogP contribution is 2.27. The maximum Gasteiger partial charge on any atom is 0.240 e. The van der Waals surface area contributed by atoms with Gasteiger partial charge in [-0.2, -0.15) is 4.98 Å². The van der Waals surface area contributed by atoms with Gasteiger partial charge in [-0.25, -0.2) is 10.4 Å². The van der Waals surface area contributed by atoms with E-state index in [4.69, 9.17) is 19.7 Å². The summed E-state index contributed by atoms with van der Waals surface area (Å²) < 4.78 is 15.2. The minimum Gasteiger partial charge on any atom is -0.480 e. The molecule has 96 valence electrons. The number of hydrogen-bond acceptors (Lipinski definition) is 7. The topological polar surface area (TPSA) is 95.4 Å². The second-order valence-corrected chi connectivity index (χ2v) is 3.46. The van der Waals surface area contributed by atoms with E-state index >= 15 is 0 Å². The fourth-order valence-electron chi connectivity index (χ4n) is 1.59. The summed E-state index contributed by atoms with van der Waals surface area (Å²) in [6.07, 6.45) is 4.64. The Morgan fingerprint density at radius 2 is 2.22 bits per heavy atom. The van der Waals surface area contributed by atoms with Crippen LogP contribution in [0.4, 0.5) is 0 Å². The molecule has 0 saturated heterocycles. The molecule has 2 rings (SSSR count). The Kier molecular flexibility index (Phi) is 3.75. The zero-order valence-electron chi connectivity index (χ0n) is 10.1. The average Bonchev–Trinajstić information content (AvgIpc) is 2.94. The maximum atomic E-state index is 5.54. The van der Waals surface area contributed by atoms with Crippen LogP contribution in [0.3, 0.4) is 0 Å². The van der Waals surface area contributed by atoms with Crippen molar-refractivity contribution in [3.63, 3.8) is 0 Å². The zero-order chi connectivity index (χ0) is 13.0. The maximum absolute atomic E-state index is 5.54. The fraction of sp³-hybridized carbons (Fsp3) is 0.273. The van der Waals surface area contributed by atoms with Gasteiger partial charge in [0.05, 0.1) is 39.0 Å². The lowest BCUT2D eigenvalue weighted by Crippen LogP contribution is -2.29. The molecule has 2 aromatic heterocycles. The van der Waals surface area contributed by atoms with Crippen molar-refractivity contribution in [3.05, 3.63) is 36.0 Å². The first-order valence-electron chi connectivity index (χ1n) is 5.23. The van der Waals surface area contributed by atoms with Crippen molar-refractivity contribution in [1.29, 1.82) is 0 Å². The summed E-state index contributed by atoms with van der Waals surface area (Å²) in [5.41, 5.74) is 4.04. The molecule has 0 fully saturated rings. The molecule has 0 saturated carbocycles. The van der Waals surface area contributed by atoms with Crippen LogP contribution in [0.1, 0.15) is 17.3 Å². The minimum absolute atomic E-state index is 0.346. The second-order valence-electron chi connectivity index (χ2n) is 3.46. The highest BCUT2D eigenvalue weighted by atomic mass is 16.5. The average molecular weight is 250 g/mol. The molecule has 18 heavy (non-hydrogen) atoms. The fourth-order valence-corrected chi connectivity index (χ4v) is 1.59. The SMILES string of the molecule is COc1cnc(C(NN)c2ccoc2)c(OC)n1. The van der Waals surface area contributed by atoms with Gasteiger partial charge in [0.2, 0.25) is 11.8 Å². The van der Waals surface area contributed by atoms with Crippen molar-refractivity contribution in [2.75, 3.05) is 14.2 Å². The number of nitrogens with one attached hydrogen (secondary N) is 1. The Labute approximate surface area is 104 Å². The van der Waals surface area contributed by atoms with E-state index in [1.807, 2.05) is 0 Å². The lowest BCUT2D eigenvalue weighted by atomic mass is 10.1. The molecule has 1 atom stereocenters. The normalized spacial score (nSPS) is 12.2. The van der Waals surface area contributed by atoms with E-state index in [-0.39, 0.29) is 6.04 Å². The van der Waals surface area contributed by atoms with Crippen LogP contribution in [-0.2, 0) is 0 Å². The van der Waals surface area contributed by atoms with Crippen molar-refractivity contribution in [2.45, 2.75) is 6.04 Å². The van der Waals surface area contributed by atoms with Crippen LogP contribution in [0.25, 0.3) is 0 Å². The van der Waals surface area contributed by atoms with Gasteiger partial charge in [0, 0.05) is 5.56 Å². The number of nitrogens with zero attached hydrogens (tertiary/aromatic N) is 2. The van der Waals surface area contributed by atoms with Crippen LogP contribution >= 0.6 is 0 Å². The van der Waals surface area contributed by atoms with Gasteiger partial charge in [-0.1, -0.05) is 0 Å². The van der Waals surface area contributed by atoms with Crippen molar-refractivity contribution >= 4 is 0 Å². The third-order valence-electron chi connectivity index (χ3n) is 2.46. The Bertz CT molecular complexity index is 501. The van der Waals surface area contributed by atoms with Crippen LogP contribution in [-0.4, -0.2) is 24.2 Å².